The number of rotatable bonds is 8. The van der Waals surface area contributed by atoms with Crippen LogP contribution >= 0.6 is 0 Å². The van der Waals surface area contributed by atoms with Gasteiger partial charge in [0.15, 0.2) is 9.84 Å². The van der Waals surface area contributed by atoms with Crippen molar-refractivity contribution >= 4 is 15.7 Å². The van der Waals surface area contributed by atoms with Gasteiger partial charge in [0.05, 0.1) is 17.0 Å². The van der Waals surface area contributed by atoms with Crippen LogP contribution in [0.25, 0.3) is 11.1 Å². The Balaban J connectivity index is 1.56. The van der Waals surface area contributed by atoms with E-state index in [9.17, 15) is 35.2 Å². The largest absolute Gasteiger partial charge is 0.416 e. The van der Waals surface area contributed by atoms with Crippen LogP contribution in [0, 0.1) is 11.6 Å². The summed E-state index contributed by atoms with van der Waals surface area (Å²) in [5, 5.41) is 4.99. The Morgan fingerprint density at radius 2 is 1.47 bits per heavy atom. The van der Waals surface area contributed by atoms with Crippen LogP contribution in [0.4, 0.5) is 22.0 Å². The van der Waals surface area contributed by atoms with E-state index in [2.05, 4.69) is 10.6 Å². The first kappa shape index (κ1) is 25.3. The van der Waals surface area contributed by atoms with E-state index in [0.29, 0.717) is 16.7 Å². The van der Waals surface area contributed by atoms with Gasteiger partial charge in [-0.15, -0.1) is 0 Å². The van der Waals surface area contributed by atoms with E-state index < -0.39 is 45.0 Å². The van der Waals surface area contributed by atoms with Gasteiger partial charge in [-0.2, -0.15) is 13.2 Å². The summed E-state index contributed by atoms with van der Waals surface area (Å²) < 4.78 is 89.5. The third-order valence-electron chi connectivity index (χ3n) is 4.74. The van der Waals surface area contributed by atoms with Crippen LogP contribution in [-0.4, -0.2) is 26.7 Å². The second-order valence-electron chi connectivity index (χ2n) is 7.34. The molecule has 3 aromatic carbocycles. The molecule has 0 saturated heterocycles. The first-order valence-corrected chi connectivity index (χ1v) is 11.5. The van der Waals surface area contributed by atoms with E-state index in [1.165, 1.54) is 24.3 Å². The van der Waals surface area contributed by atoms with Crippen LogP contribution in [0.3, 0.4) is 0 Å². The predicted molar refractivity (Wildman–Crippen MR) is 115 cm³/mol. The van der Waals surface area contributed by atoms with Gasteiger partial charge in [-0.1, -0.05) is 12.1 Å². The lowest BCUT2D eigenvalue weighted by molar-refractivity contribution is -0.137. The smallest absolute Gasteiger partial charge is 0.351 e. The number of hydrogen-bond acceptors (Lipinski definition) is 4. The first-order valence-electron chi connectivity index (χ1n) is 9.87. The lowest BCUT2D eigenvalue weighted by atomic mass is 10.0. The standard InChI is InChI=1S/C23H19F5N2O3S/c24-19-5-7-21(8-6-19)34(32,33)14-29-13-22(31)30-12-15-9-17(11-20(25)10-15)16-1-3-18(4-2-16)23(26,27)28/h1-11,29H,12-14H2,(H,30,31). The first-order chi connectivity index (χ1) is 15.9. The monoisotopic (exact) mass is 498 g/mol. The number of halogens is 5. The molecule has 0 spiro atoms. The maximum atomic E-state index is 14.0. The van der Waals surface area contributed by atoms with Gasteiger partial charge >= 0.3 is 6.18 Å². The Morgan fingerprint density at radius 3 is 2.09 bits per heavy atom. The van der Waals surface area contributed by atoms with Crippen LogP contribution in [0.5, 0.6) is 0 Å². The highest BCUT2D eigenvalue weighted by molar-refractivity contribution is 7.91. The zero-order valence-electron chi connectivity index (χ0n) is 17.5. The molecule has 0 atom stereocenters. The molecule has 2 N–H and O–H groups in total. The third kappa shape index (κ3) is 6.84. The normalized spacial score (nSPS) is 11.9. The highest BCUT2D eigenvalue weighted by atomic mass is 32.2. The second-order valence-corrected chi connectivity index (χ2v) is 9.33. The van der Waals surface area contributed by atoms with Gasteiger partial charge in [0.2, 0.25) is 5.91 Å². The highest BCUT2D eigenvalue weighted by Gasteiger charge is 2.30. The lowest BCUT2D eigenvalue weighted by Gasteiger charge is -2.11. The van der Waals surface area contributed by atoms with Crippen molar-refractivity contribution in [1.82, 2.24) is 10.6 Å². The number of amides is 1. The number of sulfone groups is 1. The number of carbonyl (C=O) groups excluding carboxylic acids is 1. The van der Waals surface area contributed by atoms with Gasteiger partial charge in [0.25, 0.3) is 0 Å². The van der Waals surface area contributed by atoms with Crippen LogP contribution in [0.2, 0.25) is 0 Å². The fourth-order valence-corrected chi connectivity index (χ4v) is 4.15. The number of nitrogens with one attached hydrogen (secondary N) is 2. The van der Waals surface area contributed by atoms with Gasteiger partial charge in [-0.05, 0) is 71.3 Å². The average molecular weight is 498 g/mol. The molecule has 0 aliphatic heterocycles. The molecule has 0 aliphatic carbocycles. The molecule has 3 rings (SSSR count). The van der Waals surface area contributed by atoms with Crippen molar-refractivity contribution in [2.75, 3.05) is 12.4 Å². The molecule has 0 aromatic heterocycles. The molecule has 1 amide bonds. The van der Waals surface area contributed by atoms with Gasteiger partial charge < -0.3 is 5.32 Å². The van der Waals surface area contributed by atoms with Crippen LogP contribution in [0.1, 0.15) is 11.1 Å². The molecule has 5 nitrogen and oxygen atoms in total. The maximum Gasteiger partial charge on any atom is 0.416 e. The average Bonchev–Trinajstić information content (AvgIpc) is 2.77. The highest BCUT2D eigenvalue weighted by Crippen LogP contribution is 2.31. The number of hydrogen-bond donors (Lipinski definition) is 2. The summed E-state index contributed by atoms with van der Waals surface area (Å²) in [5.74, 6) is -2.32. The van der Waals surface area contributed by atoms with Gasteiger partial charge in [-0.3, -0.25) is 10.1 Å². The van der Waals surface area contributed by atoms with Gasteiger partial charge in [0.1, 0.15) is 17.5 Å². The lowest BCUT2D eigenvalue weighted by Crippen LogP contribution is -2.35. The molecule has 0 saturated carbocycles. The van der Waals surface area contributed by atoms with E-state index >= 15 is 0 Å². The SMILES string of the molecule is O=C(CNCS(=O)(=O)c1ccc(F)cc1)NCc1cc(F)cc(-c2ccc(C(F)(F)F)cc2)c1. The quantitative estimate of drug-likeness (QED) is 0.359. The van der Waals surface area contributed by atoms with Crippen molar-refractivity contribution in [3.8, 4) is 11.1 Å². The summed E-state index contributed by atoms with van der Waals surface area (Å²) in [7, 11) is -3.77. The van der Waals surface area contributed by atoms with Crippen LogP contribution in [-0.2, 0) is 27.4 Å². The second kappa shape index (κ2) is 10.3. The molecular weight excluding hydrogens is 479 g/mol. The van der Waals surface area contributed by atoms with Crippen molar-refractivity contribution in [2.24, 2.45) is 0 Å². The van der Waals surface area contributed by atoms with Gasteiger partial charge in [-0.25, -0.2) is 17.2 Å². The van der Waals surface area contributed by atoms with Crippen molar-refractivity contribution < 1.29 is 35.2 Å². The summed E-state index contributed by atoms with van der Waals surface area (Å²) in [6.45, 7) is -0.432. The van der Waals surface area contributed by atoms with E-state index in [0.717, 1.165) is 42.5 Å². The minimum Gasteiger partial charge on any atom is -0.351 e. The summed E-state index contributed by atoms with van der Waals surface area (Å²) >= 11 is 0. The van der Waals surface area contributed by atoms with E-state index in [4.69, 9.17) is 0 Å². The van der Waals surface area contributed by atoms with Crippen molar-refractivity contribution in [1.29, 1.82) is 0 Å². The van der Waals surface area contributed by atoms with E-state index in [1.807, 2.05) is 0 Å². The Bertz CT molecular complexity index is 1260. The molecule has 180 valence electrons. The zero-order chi connectivity index (χ0) is 24.9. The summed E-state index contributed by atoms with van der Waals surface area (Å²) in [4.78, 5) is 11.9. The molecular formula is C23H19F5N2O3S. The molecule has 0 bridgehead atoms. The minimum absolute atomic E-state index is 0.0867. The molecule has 11 heteroatoms. The molecule has 0 heterocycles. The summed E-state index contributed by atoms with van der Waals surface area (Å²) in [6, 6.07) is 12.4. The van der Waals surface area contributed by atoms with Crippen molar-refractivity contribution in [2.45, 2.75) is 17.6 Å². The molecule has 3 aromatic rings. The number of benzene rings is 3. The Kier molecular flexibility index (Phi) is 7.68. The molecule has 0 aliphatic rings. The van der Waals surface area contributed by atoms with Crippen LogP contribution in [0.15, 0.2) is 71.6 Å². The third-order valence-corrected chi connectivity index (χ3v) is 6.32. The number of carbonyl (C=O) groups is 1. The fourth-order valence-electron chi connectivity index (χ4n) is 3.06. The predicted octanol–water partition coefficient (Wildman–Crippen LogP) is 4.29. The zero-order valence-corrected chi connectivity index (χ0v) is 18.3. The molecule has 0 unspecified atom stereocenters. The Hall–Kier alpha value is -3.31. The van der Waals surface area contributed by atoms with E-state index in [-0.39, 0.29) is 18.0 Å². The van der Waals surface area contributed by atoms with Crippen molar-refractivity contribution in [3.05, 3.63) is 89.5 Å². The topological polar surface area (TPSA) is 75.3 Å². The molecule has 0 fully saturated rings. The minimum atomic E-state index is -4.48. The van der Waals surface area contributed by atoms with Gasteiger partial charge in [0, 0.05) is 6.54 Å². The summed E-state index contributed by atoms with van der Waals surface area (Å²) in [5.41, 5.74) is 0.241. The molecule has 34 heavy (non-hydrogen) atoms. The Labute approximate surface area is 192 Å². The molecule has 0 radical (unpaired) electrons. The Morgan fingerprint density at radius 1 is 0.824 bits per heavy atom. The fraction of sp³-hybridized carbons (Fsp3) is 0.174. The number of alkyl halides is 3. The van der Waals surface area contributed by atoms with Crippen LogP contribution < -0.4 is 10.6 Å². The van der Waals surface area contributed by atoms with Crippen molar-refractivity contribution in [3.63, 3.8) is 0 Å². The summed E-state index contributed by atoms with van der Waals surface area (Å²) in [6.07, 6.45) is -4.48. The van der Waals surface area contributed by atoms with E-state index in [1.54, 1.807) is 0 Å². The maximum absolute atomic E-state index is 14.0.